The molecule has 0 spiro atoms. The normalized spacial score (nSPS) is 7.62. The van der Waals surface area contributed by atoms with Crippen molar-refractivity contribution in [1.82, 2.24) is 0 Å². The van der Waals surface area contributed by atoms with Gasteiger partial charge < -0.3 is 0 Å². The highest BCUT2D eigenvalue weighted by molar-refractivity contribution is 5.15. The molecular weight excluding hydrogens is 177 g/mol. The van der Waals surface area contributed by atoms with Gasteiger partial charge in [-0.2, -0.15) is 0 Å². The third kappa shape index (κ3) is 6.20. The molecule has 0 fully saturated rings. The lowest BCUT2D eigenvalue weighted by Crippen LogP contribution is -1.82. The summed E-state index contributed by atoms with van der Waals surface area (Å²) in [6.07, 6.45) is 0. The van der Waals surface area contributed by atoms with Crippen LogP contribution in [0.4, 0.5) is 13.2 Å². The van der Waals surface area contributed by atoms with E-state index in [-0.39, 0.29) is 0 Å². The molecule has 1 aromatic carbocycles. The Morgan fingerprint density at radius 1 is 0.923 bits per heavy atom. The van der Waals surface area contributed by atoms with E-state index in [4.69, 9.17) is 0 Å². The van der Waals surface area contributed by atoms with Gasteiger partial charge >= 0.3 is 0 Å². The number of rotatable bonds is 0. The minimum Gasteiger partial charge on any atom is -0.255 e. The maximum absolute atomic E-state index is 12.2. The molecule has 0 aromatic heterocycles. The summed E-state index contributed by atoms with van der Waals surface area (Å²) in [5.41, 5.74) is 0.730. The van der Waals surface area contributed by atoms with Crippen LogP contribution in [0, 0.1) is 18.6 Å². The largest absolute Gasteiger partial charge is 0.255 e. The maximum Gasteiger partial charge on any atom is 0.159 e. The van der Waals surface area contributed by atoms with Gasteiger partial charge in [0.2, 0.25) is 0 Å². The number of alkyl halides is 1. The molecule has 0 heterocycles. The Kier molecular flexibility index (Phi) is 10.2. The van der Waals surface area contributed by atoms with Crippen LogP contribution in [0.1, 0.15) is 19.4 Å². The number of benzene rings is 1. The van der Waals surface area contributed by atoms with Gasteiger partial charge in [-0.1, -0.05) is 19.9 Å². The minimum absolute atomic E-state index is 0.500. The van der Waals surface area contributed by atoms with E-state index in [0.29, 0.717) is 7.18 Å². The molecular formula is C10H15F3. The average molecular weight is 192 g/mol. The molecule has 76 valence electrons. The molecule has 0 unspecified atom stereocenters. The first-order valence-corrected chi connectivity index (χ1v) is 3.99. The summed E-state index contributed by atoms with van der Waals surface area (Å²) in [6, 6.07) is 3.80. The Balaban J connectivity index is 0. The maximum atomic E-state index is 12.2. The SMILES string of the molecule is CC.CF.Cc1ccc(F)c(F)c1. The molecule has 13 heavy (non-hydrogen) atoms. The molecule has 0 atom stereocenters. The Morgan fingerprint density at radius 3 is 1.69 bits per heavy atom. The first kappa shape index (κ1) is 14.5. The quantitative estimate of drug-likeness (QED) is 0.585. The van der Waals surface area contributed by atoms with E-state index in [0.717, 1.165) is 17.7 Å². The van der Waals surface area contributed by atoms with Gasteiger partial charge in [-0.25, -0.2) is 8.78 Å². The van der Waals surface area contributed by atoms with Gasteiger partial charge in [0.25, 0.3) is 0 Å². The van der Waals surface area contributed by atoms with Crippen molar-refractivity contribution in [2.24, 2.45) is 0 Å². The van der Waals surface area contributed by atoms with Gasteiger partial charge in [-0.3, -0.25) is 4.39 Å². The van der Waals surface area contributed by atoms with E-state index < -0.39 is 11.6 Å². The van der Waals surface area contributed by atoms with Crippen molar-refractivity contribution in [1.29, 1.82) is 0 Å². The van der Waals surface area contributed by atoms with Crippen LogP contribution in [-0.2, 0) is 0 Å². The van der Waals surface area contributed by atoms with E-state index >= 15 is 0 Å². The fraction of sp³-hybridized carbons (Fsp3) is 0.400. The van der Waals surface area contributed by atoms with E-state index in [2.05, 4.69) is 0 Å². The Bertz CT molecular complexity index is 221. The third-order valence-corrected chi connectivity index (χ3v) is 1.08. The van der Waals surface area contributed by atoms with Crippen molar-refractivity contribution in [3.63, 3.8) is 0 Å². The summed E-state index contributed by atoms with van der Waals surface area (Å²) in [5.74, 6) is -1.57. The van der Waals surface area contributed by atoms with Crippen molar-refractivity contribution in [3.05, 3.63) is 35.4 Å². The van der Waals surface area contributed by atoms with Gasteiger partial charge in [0.15, 0.2) is 11.6 Å². The molecule has 3 heteroatoms. The van der Waals surface area contributed by atoms with Crippen LogP contribution in [0.2, 0.25) is 0 Å². The van der Waals surface area contributed by atoms with Gasteiger partial charge in [0, 0.05) is 0 Å². The zero-order valence-electron chi connectivity index (χ0n) is 8.37. The van der Waals surface area contributed by atoms with Crippen LogP contribution in [-0.4, -0.2) is 7.18 Å². The molecule has 0 nitrogen and oxygen atoms in total. The Labute approximate surface area is 77.4 Å². The lowest BCUT2D eigenvalue weighted by Gasteiger charge is -1.91. The van der Waals surface area contributed by atoms with Crippen molar-refractivity contribution < 1.29 is 13.2 Å². The predicted octanol–water partition coefficient (Wildman–Crippen LogP) is 3.89. The van der Waals surface area contributed by atoms with Gasteiger partial charge in [0.05, 0.1) is 7.18 Å². The lowest BCUT2D eigenvalue weighted by atomic mass is 10.2. The molecule has 1 rings (SSSR count). The summed E-state index contributed by atoms with van der Waals surface area (Å²) in [6.45, 7) is 5.71. The Morgan fingerprint density at radius 2 is 1.38 bits per heavy atom. The van der Waals surface area contributed by atoms with Crippen LogP contribution in [0.25, 0.3) is 0 Å². The number of halogens is 3. The molecule has 0 aliphatic rings. The molecule has 0 aliphatic heterocycles. The third-order valence-electron chi connectivity index (χ3n) is 1.08. The summed E-state index contributed by atoms with van der Waals surface area (Å²) >= 11 is 0. The molecule has 0 radical (unpaired) electrons. The van der Waals surface area contributed by atoms with Crippen molar-refractivity contribution in [2.45, 2.75) is 20.8 Å². The van der Waals surface area contributed by atoms with Gasteiger partial charge in [-0.15, -0.1) is 0 Å². The fourth-order valence-electron chi connectivity index (χ4n) is 0.601. The minimum atomic E-state index is -0.791. The highest BCUT2D eigenvalue weighted by atomic mass is 19.2. The first-order chi connectivity index (χ1) is 6.20. The predicted molar refractivity (Wildman–Crippen MR) is 49.5 cm³/mol. The zero-order valence-corrected chi connectivity index (χ0v) is 8.37. The van der Waals surface area contributed by atoms with Crippen LogP contribution in [0.3, 0.4) is 0 Å². The molecule has 0 N–H and O–H groups in total. The highest BCUT2D eigenvalue weighted by Crippen LogP contribution is 2.06. The molecule has 0 aliphatic carbocycles. The Hall–Kier alpha value is -0.990. The second kappa shape index (κ2) is 9.10. The van der Waals surface area contributed by atoms with Crippen molar-refractivity contribution >= 4 is 0 Å². The summed E-state index contributed by atoms with van der Waals surface area (Å²) in [5, 5.41) is 0. The number of hydrogen-bond donors (Lipinski definition) is 0. The molecule has 0 bridgehead atoms. The fourth-order valence-corrected chi connectivity index (χ4v) is 0.601. The topological polar surface area (TPSA) is 0 Å². The van der Waals surface area contributed by atoms with Crippen LogP contribution >= 0.6 is 0 Å². The summed E-state index contributed by atoms with van der Waals surface area (Å²) in [7, 11) is 0.500. The first-order valence-electron chi connectivity index (χ1n) is 3.99. The van der Waals surface area contributed by atoms with Crippen molar-refractivity contribution in [3.8, 4) is 0 Å². The summed E-state index contributed by atoms with van der Waals surface area (Å²) < 4.78 is 33.8. The molecule has 0 amide bonds. The van der Waals surface area contributed by atoms with E-state index in [1.165, 1.54) is 6.07 Å². The highest BCUT2D eigenvalue weighted by Gasteiger charge is 1.97. The standard InChI is InChI=1S/C7H6F2.C2H6.CH3F/c1-5-2-3-6(8)7(9)4-5;2*1-2/h2-4H,1H3;1-2H3;1H3. The lowest BCUT2D eigenvalue weighted by molar-refractivity contribution is 0.508. The van der Waals surface area contributed by atoms with E-state index in [9.17, 15) is 13.2 Å². The van der Waals surface area contributed by atoms with Crippen LogP contribution in [0.5, 0.6) is 0 Å². The average Bonchev–Trinajstić information content (AvgIpc) is 2.18. The number of hydrogen-bond acceptors (Lipinski definition) is 0. The molecule has 1 aromatic rings. The second-order valence-corrected chi connectivity index (χ2v) is 1.92. The van der Waals surface area contributed by atoms with Gasteiger partial charge in [0.1, 0.15) is 0 Å². The zero-order chi connectivity index (χ0) is 10.9. The van der Waals surface area contributed by atoms with Crippen molar-refractivity contribution in [2.75, 3.05) is 7.18 Å². The van der Waals surface area contributed by atoms with Crippen LogP contribution < -0.4 is 0 Å². The second-order valence-electron chi connectivity index (χ2n) is 1.92. The number of aryl methyl sites for hydroxylation is 1. The van der Waals surface area contributed by atoms with E-state index in [1.54, 1.807) is 6.92 Å². The smallest absolute Gasteiger partial charge is 0.159 e. The van der Waals surface area contributed by atoms with Gasteiger partial charge in [-0.05, 0) is 24.6 Å². The molecule has 0 saturated carbocycles. The molecule has 0 saturated heterocycles. The summed E-state index contributed by atoms with van der Waals surface area (Å²) in [4.78, 5) is 0. The van der Waals surface area contributed by atoms with Crippen LogP contribution in [0.15, 0.2) is 18.2 Å². The van der Waals surface area contributed by atoms with E-state index in [1.807, 2.05) is 13.8 Å². The monoisotopic (exact) mass is 192 g/mol.